The van der Waals surface area contributed by atoms with E-state index in [0.29, 0.717) is 12.6 Å². The van der Waals surface area contributed by atoms with Crippen LogP contribution < -0.4 is 9.47 Å². The van der Waals surface area contributed by atoms with Gasteiger partial charge in [0.1, 0.15) is 23.4 Å². The summed E-state index contributed by atoms with van der Waals surface area (Å²) in [4.78, 5) is 16.7. The maximum atomic E-state index is 12.5. The van der Waals surface area contributed by atoms with E-state index < -0.39 is 0 Å². The van der Waals surface area contributed by atoms with Crippen LogP contribution in [0.4, 0.5) is 0 Å². The largest absolute Gasteiger partial charge is 0.489 e. The summed E-state index contributed by atoms with van der Waals surface area (Å²) in [7, 11) is 0. The fraction of sp³-hybridized carbons (Fsp3) is 0.435. The van der Waals surface area contributed by atoms with Gasteiger partial charge in [0.05, 0.1) is 6.54 Å². The minimum atomic E-state index is 0.129. The topological polar surface area (TPSA) is 42.0 Å². The Labute approximate surface area is 166 Å². The summed E-state index contributed by atoms with van der Waals surface area (Å²) in [5, 5.41) is 0. The molecule has 0 bridgehead atoms. The van der Waals surface area contributed by atoms with Crippen LogP contribution in [0.15, 0.2) is 54.6 Å². The number of benzene rings is 2. The van der Waals surface area contributed by atoms with Crippen LogP contribution in [0.1, 0.15) is 26.2 Å². The molecule has 0 spiro atoms. The van der Waals surface area contributed by atoms with Crippen molar-refractivity contribution in [1.29, 1.82) is 0 Å². The monoisotopic (exact) mass is 380 g/mol. The van der Waals surface area contributed by atoms with Crippen molar-refractivity contribution in [2.75, 3.05) is 26.2 Å². The molecule has 2 heterocycles. The molecule has 1 amide bonds. The molecular weight excluding hydrogens is 352 g/mol. The van der Waals surface area contributed by atoms with Gasteiger partial charge in [0.25, 0.3) is 0 Å². The molecule has 4 rings (SSSR count). The van der Waals surface area contributed by atoms with Crippen LogP contribution in [0.3, 0.4) is 0 Å². The lowest BCUT2D eigenvalue weighted by Gasteiger charge is -2.24. The number of carbonyl (C=O) groups is 1. The van der Waals surface area contributed by atoms with Crippen LogP contribution in [0.25, 0.3) is 0 Å². The molecule has 2 aromatic carbocycles. The predicted octanol–water partition coefficient (Wildman–Crippen LogP) is 3.94. The zero-order chi connectivity index (χ0) is 19.3. The van der Waals surface area contributed by atoms with Crippen LogP contribution >= 0.6 is 0 Å². The van der Waals surface area contributed by atoms with Gasteiger partial charge < -0.3 is 14.4 Å². The van der Waals surface area contributed by atoms with Crippen molar-refractivity contribution >= 4 is 5.91 Å². The van der Waals surface area contributed by atoms with Crippen molar-refractivity contribution in [2.45, 2.75) is 38.3 Å². The number of ether oxygens (including phenoxy) is 2. The van der Waals surface area contributed by atoms with E-state index in [9.17, 15) is 4.79 Å². The molecule has 0 unspecified atom stereocenters. The molecule has 28 heavy (non-hydrogen) atoms. The zero-order valence-corrected chi connectivity index (χ0v) is 16.4. The number of nitrogens with zero attached hydrogens (tertiary/aromatic N) is 2. The highest BCUT2D eigenvalue weighted by atomic mass is 16.5. The molecule has 0 N–H and O–H groups in total. The summed E-state index contributed by atoms with van der Waals surface area (Å²) in [5.41, 5.74) is 0. The first-order valence-corrected chi connectivity index (χ1v) is 10.2. The molecule has 2 fully saturated rings. The van der Waals surface area contributed by atoms with E-state index in [1.165, 1.54) is 0 Å². The van der Waals surface area contributed by atoms with Crippen molar-refractivity contribution in [3.05, 3.63) is 54.6 Å². The summed E-state index contributed by atoms with van der Waals surface area (Å²) in [5.74, 6) is 2.70. The quantitative estimate of drug-likeness (QED) is 0.761. The van der Waals surface area contributed by atoms with Crippen molar-refractivity contribution in [3.8, 4) is 17.2 Å². The standard InChI is InChI=1S/C23H28N2O3/c1-18-6-5-14-25(18)23(26)17-24-15-13-22(16-24)28-21-11-9-20(10-12-21)27-19-7-3-2-4-8-19/h2-4,7-12,18,22H,5-6,13-17H2,1H3/t18-,22+/m1/s1. The normalized spacial score (nSPS) is 22.4. The van der Waals surface area contributed by atoms with Gasteiger partial charge in [0.2, 0.25) is 5.91 Å². The van der Waals surface area contributed by atoms with E-state index in [1.54, 1.807) is 0 Å². The minimum Gasteiger partial charge on any atom is -0.489 e. The average Bonchev–Trinajstić information content (AvgIpc) is 3.33. The number of amides is 1. The summed E-state index contributed by atoms with van der Waals surface area (Å²) in [6.45, 7) is 5.27. The molecule has 0 aromatic heterocycles. The predicted molar refractivity (Wildman–Crippen MR) is 109 cm³/mol. The highest BCUT2D eigenvalue weighted by Crippen LogP contribution is 2.25. The molecule has 2 aromatic rings. The first kappa shape index (κ1) is 18.8. The molecule has 5 nitrogen and oxygen atoms in total. The van der Waals surface area contributed by atoms with Gasteiger partial charge in [-0.05, 0) is 62.6 Å². The molecular formula is C23H28N2O3. The number of hydrogen-bond donors (Lipinski definition) is 0. The van der Waals surface area contributed by atoms with Gasteiger partial charge in [-0.3, -0.25) is 9.69 Å². The lowest BCUT2D eigenvalue weighted by Crippen LogP contribution is -2.41. The van der Waals surface area contributed by atoms with Gasteiger partial charge >= 0.3 is 0 Å². The van der Waals surface area contributed by atoms with E-state index in [1.807, 2.05) is 59.5 Å². The smallest absolute Gasteiger partial charge is 0.236 e. The van der Waals surface area contributed by atoms with Gasteiger partial charge in [0, 0.05) is 25.7 Å². The van der Waals surface area contributed by atoms with E-state index in [2.05, 4.69) is 11.8 Å². The van der Waals surface area contributed by atoms with Crippen molar-refractivity contribution < 1.29 is 14.3 Å². The van der Waals surface area contributed by atoms with E-state index in [4.69, 9.17) is 9.47 Å². The Kier molecular flexibility index (Phi) is 5.81. The van der Waals surface area contributed by atoms with Crippen LogP contribution in [0.2, 0.25) is 0 Å². The van der Waals surface area contributed by atoms with Crippen molar-refractivity contribution in [3.63, 3.8) is 0 Å². The SMILES string of the molecule is C[C@@H]1CCCN1C(=O)CN1CC[C@H](Oc2ccc(Oc3ccccc3)cc2)C1. The van der Waals surface area contributed by atoms with Gasteiger partial charge in [-0.25, -0.2) is 0 Å². The second-order valence-corrected chi connectivity index (χ2v) is 7.73. The third kappa shape index (κ3) is 4.65. The Morgan fingerprint density at radius 1 is 0.964 bits per heavy atom. The van der Waals surface area contributed by atoms with Gasteiger partial charge in [-0.2, -0.15) is 0 Å². The third-order valence-corrected chi connectivity index (χ3v) is 5.57. The van der Waals surface area contributed by atoms with Crippen LogP contribution in [-0.4, -0.2) is 54.0 Å². The summed E-state index contributed by atoms with van der Waals surface area (Å²) < 4.78 is 11.9. The molecule has 0 radical (unpaired) electrons. The third-order valence-electron chi connectivity index (χ3n) is 5.57. The van der Waals surface area contributed by atoms with Crippen molar-refractivity contribution in [2.24, 2.45) is 0 Å². The van der Waals surface area contributed by atoms with Gasteiger partial charge in [0.15, 0.2) is 0 Å². The van der Waals surface area contributed by atoms with E-state index in [0.717, 1.165) is 56.1 Å². The Hall–Kier alpha value is -2.53. The lowest BCUT2D eigenvalue weighted by molar-refractivity contribution is -0.132. The molecule has 0 saturated carbocycles. The highest BCUT2D eigenvalue weighted by molar-refractivity contribution is 5.78. The lowest BCUT2D eigenvalue weighted by atomic mass is 10.2. The van der Waals surface area contributed by atoms with Crippen LogP contribution in [0, 0.1) is 0 Å². The molecule has 0 aliphatic carbocycles. The number of carbonyl (C=O) groups excluding carboxylic acids is 1. The Morgan fingerprint density at radius 3 is 2.39 bits per heavy atom. The second kappa shape index (κ2) is 8.65. The number of hydrogen-bond acceptors (Lipinski definition) is 4. The van der Waals surface area contributed by atoms with E-state index >= 15 is 0 Å². The second-order valence-electron chi connectivity index (χ2n) is 7.73. The maximum Gasteiger partial charge on any atom is 0.236 e. The zero-order valence-electron chi connectivity index (χ0n) is 16.4. The maximum absolute atomic E-state index is 12.5. The first-order valence-electron chi connectivity index (χ1n) is 10.2. The Bertz CT molecular complexity index is 778. The molecule has 2 atom stereocenters. The van der Waals surface area contributed by atoms with Crippen LogP contribution in [-0.2, 0) is 4.79 Å². The van der Waals surface area contributed by atoms with Crippen molar-refractivity contribution in [1.82, 2.24) is 9.80 Å². The fourth-order valence-corrected chi connectivity index (χ4v) is 4.03. The molecule has 2 saturated heterocycles. The van der Waals surface area contributed by atoms with E-state index in [-0.39, 0.29) is 12.0 Å². The van der Waals surface area contributed by atoms with Crippen LogP contribution in [0.5, 0.6) is 17.2 Å². The summed E-state index contributed by atoms with van der Waals surface area (Å²) in [6, 6.07) is 17.9. The van der Waals surface area contributed by atoms with Gasteiger partial charge in [-0.1, -0.05) is 18.2 Å². The summed E-state index contributed by atoms with van der Waals surface area (Å²) >= 11 is 0. The number of rotatable bonds is 6. The number of para-hydroxylation sites is 1. The average molecular weight is 380 g/mol. The molecule has 5 heteroatoms. The summed E-state index contributed by atoms with van der Waals surface area (Å²) in [6.07, 6.45) is 3.33. The number of likely N-dealkylation sites (tertiary alicyclic amines) is 2. The Balaban J connectivity index is 1.25. The fourth-order valence-electron chi connectivity index (χ4n) is 4.03. The Morgan fingerprint density at radius 2 is 1.68 bits per heavy atom. The molecule has 2 aliphatic heterocycles. The highest BCUT2D eigenvalue weighted by Gasteiger charge is 2.30. The van der Waals surface area contributed by atoms with Gasteiger partial charge in [-0.15, -0.1) is 0 Å². The minimum absolute atomic E-state index is 0.129. The first-order chi connectivity index (χ1) is 13.7. The molecule has 148 valence electrons. The molecule has 2 aliphatic rings.